The maximum atomic E-state index is 11.7. The molecule has 19 heavy (non-hydrogen) atoms. The van der Waals surface area contributed by atoms with Gasteiger partial charge in [0.05, 0.1) is 0 Å². The van der Waals surface area contributed by atoms with E-state index in [2.05, 4.69) is 10.6 Å². The van der Waals surface area contributed by atoms with Crippen molar-refractivity contribution in [1.82, 2.24) is 5.32 Å². The van der Waals surface area contributed by atoms with Crippen LogP contribution in [0.5, 0.6) is 0 Å². The fourth-order valence-corrected chi connectivity index (χ4v) is 1.51. The molecule has 0 atom stereocenters. The molecule has 104 valence electrons. The zero-order chi connectivity index (χ0) is 14.3. The smallest absolute Gasteiger partial charge is 0.313 e. The van der Waals surface area contributed by atoms with Crippen molar-refractivity contribution in [3.63, 3.8) is 0 Å². The first-order chi connectivity index (χ1) is 9.04. The molecule has 0 aromatic heterocycles. The minimum Gasteiger partial charge on any atom is -0.378 e. The van der Waals surface area contributed by atoms with Gasteiger partial charge < -0.3 is 15.5 Å². The lowest BCUT2D eigenvalue weighted by molar-refractivity contribution is -0.136. The van der Waals surface area contributed by atoms with E-state index in [1.165, 1.54) is 0 Å². The van der Waals surface area contributed by atoms with E-state index in [-0.39, 0.29) is 0 Å². The second kappa shape index (κ2) is 7.41. The minimum absolute atomic E-state index is 0.528. The van der Waals surface area contributed by atoms with Gasteiger partial charge in [0.15, 0.2) is 0 Å². The van der Waals surface area contributed by atoms with Crippen LogP contribution in [-0.4, -0.2) is 32.5 Å². The van der Waals surface area contributed by atoms with Gasteiger partial charge in [0.2, 0.25) is 0 Å². The van der Waals surface area contributed by atoms with Crippen LogP contribution in [0.2, 0.25) is 0 Å². The highest BCUT2D eigenvalue weighted by Crippen LogP contribution is 2.16. The van der Waals surface area contributed by atoms with E-state index in [1.54, 1.807) is 6.07 Å². The molecule has 0 radical (unpaired) electrons. The maximum Gasteiger partial charge on any atom is 0.313 e. The summed E-state index contributed by atoms with van der Waals surface area (Å²) in [5.74, 6) is -1.23. The predicted molar refractivity (Wildman–Crippen MR) is 77.3 cm³/mol. The summed E-state index contributed by atoms with van der Waals surface area (Å²) in [5, 5.41) is 5.17. The topological polar surface area (TPSA) is 61.4 Å². The number of nitrogens with zero attached hydrogens (tertiary/aromatic N) is 1. The molecule has 0 aliphatic rings. The fraction of sp³-hybridized carbons (Fsp3) is 0.429. The molecule has 0 heterocycles. The van der Waals surface area contributed by atoms with Gasteiger partial charge in [-0.25, -0.2) is 0 Å². The van der Waals surface area contributed by atoms with Crippen LogP contribution < -0.4 is 15.5 Å². The summed E-state index contributed by atoms with van der Waals surface area (Å²) in [6.45, 7) is 2.56. The molecule has 1 rings (SSSR count). The Kier molecular flexibility index (Phi) is 5.85. The number of carbonyl (C=O) groups excluding carboxylic acids is 2. The number of nitrogens with one attached hydrogen (secondary N) is 2. The van der Waals surface area contributed by atoms with Gasteiger partial charge in [-0.1, -0.05) is 19.4 Å². The van der Waals surface area contributed by atoms with E-state index >= 15 is 0 Å². The summed E-state index contributed by atoms with van der Waals surface area (Å²) in [4.78, 5) is 25.1. The van der Waals surface area contributed by atoms with Crippen molar-refractivity contribution in [1.29, 1.82) is 0 Å². The number of hydrogen-bond acceptors (Lipinski definition) is 3. The summed E-state index contributed by atoms with van der Waals surface area (Å²) in [6, 6.07) is 7.33. The molecule has 0 aliphatic carbocycles. The Hall–Kier alpha value is -2.04. The van der Waals surface area contributed by atoms with Crippen LogP contribution in [0.3, 0.4) is 0 Å². The molecule has 5 nitrogen and oxygen atoms in total. The van der Waals surface area contributed by atoms with Crippen molar-refractivity contribution in [3.8, 4) is 0 Å². The van der Waals surface area contributed by atoms with E-state index in [4.69, 9.17) is 0 Å². The first-order valence-corrected chi connectivity index (χ1v) is 6.41. The first kappa shape index (κ1) is 15.0. The highest BCUT2D eigenvalue weighted by atomic mass is 16.2. The Balaban J connectivity index is 2.56. The average molecular weight is 263 g/mol. The zero-order valence-corrected chi connectivity index (χ0v) is 11.7. The van der Waals surface area contributed by atoms with E-state index in [0.717, 1.165) is 18.5 Å². The van der Waals surface area contributed by atoms with Gasteiger partial charge in [-0.15, -0.1) is 0 Å². The highest BCUT2D eigenvalue weighted by molar-refractivity contribution is 6.39. The molecule has 0 spiro atoms. The number of carbonyl (C=O) groups is 2. The third kappa shape index (κ3) is 4.99. The van der Waals surface area contributed by atoms with Crippen molar-refractivity contribution in [2.24, 2.45) is 0 Å². The van der Waals surface area contributed by atoms with Crippen LogP contribution in [0.4, 0.5) is 11.4 Å². The van der Waals surface area contributed by atoms with Crippen molar-refractivity contribution < 1.29 is 9.59 Å². The van der Waals surface area contributed by atoms with Crippen LogP contribution >= 0.6 is 0 Å². The Labute approximate surface area is 114 Å². The van der Waals surface area contributed by atoms with Crippen LogP contribution in [0.25, 0.3) is 0 Å². The van der Waals surface area contributed by atoms with E-state index in [0.29, 0.717) is 12.2 Å². The first-order valence-electron chi connectivity index (χ1n) is 6.41. The second-order valence-corrected chi connectivity index (χ2v) is 4.51. The molecule has 1 aromatic rings. The zero-order valence-electron chi connectivity index (χ0n) is 11.7. The van der Waals surface area contributed by atoms with Gasteiger partial charge in [0, 0.05) is 32.0 Å². The van der Waals surface area contributed by atoms with Crippen LogP contribution in [0, 0.1) is 0 Å². The van der Waals surface area contributed by atoms with Gasteiger partial charge in [0.25, 0.3) is 0 Å². The Morgan fingerprint density at radius 1 is 1.21 bits per heavy atom. The molecule has 1 aromatic carbocycles. The van der Waals surface area contributed by atoms with Crippen molar-refractivity contribution in [2.45, 2.75) is 19.8 Å². The lowest BCUT2D eigenvalue weighted by atomic mass is 10.2. The van der Waals surface area contributed by atoms with E-state index in [9.17, 15) is 9.59 Å². The van der Waals surface area contributed by atoms with Gasteiger partial charge >= 0.3 is 11.8 Å². The van der Waals surface area contributed by atoms with Crippen molar-refractivity contribution in [3.05, 3.63) is 24.3 Å². The number of benzene rings is 1. The van der Waals surface area contributed by atoms with Gasteiger partial charge in [-0.2, -0.15) is 0 Å². The molecule has 2 N–H and O–H groups in total. The number of hydrogen-bond donors (Lipinski definition) is 2. The molecule has 0 fully saturated rings. The third-order valence-corrected chi connectivity index (χ3v) is 2.64. The highest BCUT2D eigenvalue weighted by Gasteiger charge is 2.12. The average Bonchev–Trinajstić information content (AvgIpc) is 2.39. The molecule has 0 unspecified atom stereocenters. The normalized spacial score (nSPS) is 9.84. The summed E-state index contributed by atoms with van der Waals surface area (Å²) in [7, 11) is 3.83. The van der Waals surface area contributed by atoms with E-state index < -0.39 is 11.8 Å². The standard InChI is InChI=1S/C14H21N3O2/c1-4-5-9-15-13(18)14(19)16-11-7-6-8-12(10-11)17(2)3/h6-8,10H,4-5,9H2,1-3H3,(H,15,18)(H,16,19). The monoisotopic (exact) mass is 263 g/mol. The SMILES string of the molecule is CCCCNC(=O)C(=O)Nc1cccc(N(C)C)c1. The molecule has 0 aliphatic heterocycles. The molecule has 2 amide bonds. The molecule has 0 saturated carbocycles. The van der Waals surface area contributed by atoms with Crippen LogP contribution in [0.1, 0.15) is 19.8 Å². The van der Waals surface area contributed by atoms with Crippen LogP contribution in [0.15, 0.2) is 24.3 Å². The fourth-order valence-electron chi connectivity index (χ4n) is 1.51. The quantitative estimate of drug-likeness (QED) is 0.626. The van der Waals surface area contributed by atoms with Crippen molar-refractivity contribution in [2.75, 3.05) is 30.9 Å². The summed E-state index contributed by atoms with van der Waals surface area (Å²) >= 11 is 0. The molecular formula is C14H21N3O2. The van der Waals surface area contributed by atoms with Gasteiger partial charge in [-0.05, 0) is 24.6 Å². The van der Waals surface area contributed by atoms with E-state index in [1.807, 2.05) is 44.1 Å². The van der Waals surface area contributed by atoms with Crippen molar-refractivity contribution >= 4 is 23.2 Å². The summed E-state index contributed by atoms with van der Waals surface area (Å²) < 4.78 is 0. The molecule has 0 saturated heterocycles. The Morgan fingerprint density at radius 3 is 2.58 bits per heavy atom. The molecule has 5 heteroatoms. The maximum absolute atomic E-state index is 11.7. The summed E-state index contributed by atoms with van der Waals surface area (Å²) in [6.07, 6.45) is 1.85. The number of anilines is 2. The lowest BCUT2D eigenvalue weighted by Gasteiger charge is -2.13. The van der Waals surface area contributed by atoms with Crippen LogP contribution in [-0.2, 0) is 9.59 Å². The Morgan fingerprint density at radius 2 is 1.95 bits per heavy atom. The predicted octanol–water partition coefficient (Wildman–Crippen LogP) is 1.61. The number of amides is 2. The molecular weight excluding hydrogens is 242 g/mol. The second-order valence-electron chi connectivity index (χ2n) is 4.51. The number of unbranched alkanes of at least 4 members (excludes halogenated alkanes) is 1. The number of rotatable bonds is 5. The minimum atomic E-state index is -0.632. The largest absolute Gasteiger partial charge is 0.378 e. The Bertz CT molecular complexity index is 444. The third-order valence-electron chi connectivity index (χ3n) is 2.64. The molecule has 0 bridgehead atoms. The lowest BCUT2D eigenvalue weighted by Crippen LogP contribution is -2.35. The summed E-state index contributed by atoms with van der Waals surface area (Å²) in [5.41, 5.74) is 1.58. The van der Waals surface area contributed by atoms with Gasteiger partial charge in [0.1, 0.15) is 0 Å². The van der Waals surface area contributed by atoms with Gasteiger partial charge in [-0.3, -0.25) is 9.59 Å².